The Hall–Kier alpha value is -0.900. The first-order valence-electron chi connectivity index (χ1n) is 6.67. The Kier molecular flexibility index (Phi) is 3.82. The molecule has 0 aromatic carbocycles. The van der Waals surface area contributed by atoms with Crippen LogP contribution in [0, 0.1) is 11.8 Å². The first-order valence-corrected chi connectivity index (χ1v) is 6.67. The minimum absolute atomic E-state index is 0.140. The molecule has 4 heteroatoms. The summed E-state index contributed by atoms with van der Waals surface area (Å²) in [5.74, 6) is 3.10. The maximum atomic E-state index is 6.01. The summed E-state index contributed by atoms with van der Waals surface area (Å²) in [4.78, 5) is 4.48. The Morgan fingerprint density at radius 3 is 2.47 bits per heavy atom. The van der Waals surface area contributed by atoms with Crippen molar-refractivity contribution in [1.82, 2.24) is 10.1 Å². The van der Waals surface area contributed by atoms with Gasteiger partial charge in [-0.05, 0) is 24.7 Å². The predicted octanol–water partition coefficient (Wildman–Crippen LogP) is 3.02. The average molecular weight is 237 g/mol. The lowest BCUT2D eigenvalue weighted by atomic mass is 9.83. The van der Waals surface area contributed by atoms with Gasteiger partial charge in [-0.3, -0.25) is 0 Å². The smallest absolute Gasteiger partial charge is 0.243 e. The molecular formula is C13H23N3O. The Balaban J connectivity index is 2.03. The molecule has 0 aliphatic heterocycles. The van der Waals surface area contributed by atoms with E-state index in [0.717, 1.165) is 11.7 Å². The molecule has 1 saturated carbocycles. The van der Waals surface area contributed by atoms with Gasteiger partial charge in [0.05, 0.1) is 6.04 Å². The minimum atomic E-state index is -0.140. The molecule has 2 N–H and O–H groups in total. The lowest BCUT2D eigenvalue weighted by Gasteiger charge is -2.23. The van der Waals surface area contributed by atoms with E-state index in [-0.39, 0.29) is 6.04 Å². The van der Waals surface area contributed by atoms with Crippen LogP contribution in [0.2, 0.25) is 0 Å². The highest BCUT2D eigenvalue weighted by molar-refractivity contribution is 5.00. The van der Waals surface area contributed by atoms with Crippen LogP contribution in [0.4, 0.5) is 0 Å². The van der Waals surface area contributed by atoms with E-state index < -0.39 is 0 Å². The Labute approximate surface area is 103 Å². The van der Waals surface area contributed by atoms with Crippen molar-refractivity contribution in [3.8, 4) is 0 Å². The molecular weight excluding hydrogens is 214 g/mol. The van der Waals surface area contributed by atoms with Gasteiger partial charge >= 0.3 is 0 Å². The quantitative estimate of drug-likeness (QED) is 0.877. The first kappa shape index (κ1) is 12.6. The van der Waals surface area contributed by atoms with Crippen LogP contribution in [0.3, 0.4) is 0 Å². The number of hydrogen-bond donors (Lipinski definition) is 1. The van der Waals surface area contributed by atoms with Crippen molar-refractivity contribution in [2.24, 2.45) is 17.6 Å². The van der Waals surface area contributed by atoms with Crippen molar-refractivity contribution in [3.63, 3.8) is 0 Å². The van der Waals surface area contributed by atoms with E-state index in [2.05, 4.69) is 30.9 Å². The van der Waals surface area contributed by atoms with Gasteiger partial charge in [-0.25, -0.2) is 0 Å². The fourth-order valence-corrected chi connectivity index (χ4v) is 2.35. The van der Waals surface area contributed by atoms with Crippen molar-refractivity contribution in [3.05, 3.63) is 11.7 Å². The summed E-state index contributed by atoms with van der Waals surface area (Å²) < 4.78 is 5.28. The molecule has 0 radical (unpaired) electrons. The molecule has 1 aliphatic rings. The van der Waals surface area contributed by atoms with Crippen molar-refractivity contribution >= 4 is 0 Å². The van der Waals surface area contributed by atoms with Crippen LogP contribution in [0.1, 0.15) is 70.1 Å². The maximum Gasteiger partial charge on any atom is 0.243 e. The van der Waals surface area contributed by atoms with E-state index in [1.807, 2.05) is 0 Å². The normalized spacial score (nSPS) is 27.4. The van der Waals surface area contributed by atoms with Crippen LogP contribution in [0.15, 0.2) is 4.52 Å². The lowest BCUT2D eigenvalue weighted by Crippen LogP contribution is -2.17. The van der Waals surface area contributed by atoms with Gasteiger partial charge in [0.25, 0.3) is 0 Å². The predicted molar refractivity (Wildman–Crippen MR) is 66.4 cm³/mol. The highest BCUT2D eigenvalue weighted by atomic mass is 16.5. The maximum absolute atomic E-state index is 6.01. The molecule has 17 heavy (non-hydrogen) atoms. The number of rotatable bonds is 3. The van der Waals surface area contributed by atoms with Gasteiger partial charge in [-0.1, -0.05) is 38.8 Å². The zero-order valence-electron chi connectivity index (χ0n) is 11.0. The van der Waals surface area contributed by atoms with E-state index in [9.17, 15) is 0 Å². The molecule has 1 aliphatic carbocycles. The third-order valence-corrected chi connectivity index (χ3v) is 3.84. The zero-order chi connectivity index (χ0) is 12.4. The molecule has 0 amide bonds. The van der Waals surface area contributed by atoms with Gasteiger partial charge in [0.1, 0.15) is 0 Å². The van der Waals surface area contributed by atoms with Gasteiger partial charge in [0.2, 0.25) is 5.89 Å². The van der Waals surface area contributed by atoms with E-state index in [0.29, 0.717) is 17.7 Å². The topological polar surface area (TPSA) is 64.9 Å². The molecule has 0 spiro atoms. The highest BCUT2D eigenvalue weighted by Crippen LogP contribution is 2.34. The largest absolute Gasteiger partial charge is 0.338 e. The molecule has 1 aromatic heterocycles. The van der Waals surface area contributed by atoms with Gasteiger partial charge in [-0.15, -0.1) is 0 Å². The summed E-state index contributed by atoms with van der Waals surface area (Å²) in [7, 11) is 0. The molecule has 0 saturated heterocycles. The molecule has 1 heterocycles. The average Bonchev–Trinajstić information content (AvgIpc) is 2.78. The van der Waals surface area contributed by atoms with E-state index in [1.165, 1.54) is 25.7 Å². The number of nitrogens with zero attached hydrogens (tertiary/aromatic N) is 2. The van der Waals surface area contributed by atoms with E-state index >= 15 is 0 Å². The first-order chi connectivity index (χ1) is 8.08. The molecule has 96 valence electrons. The highest BCUT2D eigenvalue weighted by Gasteiger charge is 2.25. The summed E-state index contributed by atoms with van der Waals surface area (Å²) in [6.07, 6.45) is 4.89. The second-order valence-electron chi connectivity index (χ2n) is 5.72. The van der Waals surface area contributed by atoms with E-state index in [4.69, 9.17) is 10.3 Å². The Morgan fingerprint density at radius 2 is 1.88 bits per heavy atom. The molecule has 1 aromatic rings. The Bertz CT molecular complexity index is 353. The summed E-state index contributed by atoms with van der Waals surface area (Å²) in [6.45, 7) is 6.44. The van der Waals surface area contributed by atoms with E-state index in [1.54, 1.807) is 0 Å². The van der Waals surface area contributed by atoms with Gasteiger partial charge < -0.3 is 10.3 Å². The zero-order valence-corrected chi connectivity index (χ0v) is 11.0. The molecule has 1 atom stereocenters. The summed E-state index contributed by atoms with van der Waals surface area (Å²) >= 11 is 0. The van der Waals surface area contributed by atoms with Crippen molar-refractivity contribution < 1.29 is 4.52 Å². The van der Waals surface area contributed by atoms with Gasteiger partial charge in [-0.2, -0.15) is 4.98 Å². The van der Waals surface area contributed by atoms with Crippen LogP contribution >= 0.6 is 0 Å². The summed E-state index contributed by atoms with van der Waals surface area (Å²) in [5, 5.41) is 4.10. The standard InChI is InChI=1S/C13H23N3O/c1-8(2)11(14)13-15-12(16-17-13)10-6-4-9(3)5-7-10/h8-11H,4-7,14H2,1-3H3/t9?,10?,11-/m0/s1. The molecule has 0 unspecified atom stereocenters. The number of aromatic nitrogens is 2. The summed E-state index contributed by atoms with van der Waals surface area (Å²) in [6, 6.07) is -0.140. The molecule has 1 fully saturated rings. The SMILES string of the molecule is CC1CCC(c2noc([C@@H](N)C(C)C)n2)CC1. The molecule has 4 nitrogen and oxygen atoms in total. The van der Waals surface area contributed by atoms with Crippen LogP contribution in [0.5, 0.6) is 0 Å². The molecule has 0 bridgehead atoms. The fraction of sp³-hybridized carbons (Fsp3) is 0.846. The monoisotopic (exact) mass is 237 g/mol. The van der Waals surface area contributed by atoms with Crippen molar-refractivity contribution in [2.45, 2.75) is 58.4 Å². The minimum Gasteiger partial charge on any atom is -0.338 e. The number of hydrogen-bond acceptors (Lipinski definition) is 4. The second kappa shape index (κ2) is 5.17. The van der Waals surface area contributed by atoms with Crippen LogP contribution in [-0.2, 0) is 0 Å². The third kappa shape index (κ3) is 2.86. The van der Waals surface area contributed by atoms with Crippen LogP contribution in [0.25, 0.3) is 0 Å². The van der Waals surface area contributed by atoms with Gasteiger partial charge in [0, 0.05) is 5.92 Å². The third-order valence-electron chi connectivity index (χ3n) is 3.84. The summed E-state index contributed by atoms with van der Waals surface area (Å²) in [5.41, 5.74) is 6.01. The number of nitrogens with two attached hydrogens (primary N) is 1. The van der Waals surface area contributed by atoms with Crippen molar-refractivity contribution in [2.75, 3.05) is 0 Å². The Morgan fingerprint density at radius 1 is 1.24 bits per heavy atom. The van der Waals surface area contributed by atoms with Gasteiger partial charge in [0.15, 0.2) is 5.82 Å². The van der Waals surface area contributed by atoms with Crippen LogP contribution in [-0.4, -0.2) is 10.1 Å². The second-order valence-corrected chi connectivity index (χ2v) is 5.72. The fourth-order valence-electron chi connectivity index (χ4n) is 2.35. The molecule has 2 rings (SSSR count). The van der Waals surface area contributed by atoms with Crippen molar-refractivity contribution in [1.29, 1.82) is 0 Å². The van der Waals surface area contributed by atoms with Crippen LogP contribution < -0.4 is 5.73 Å². The lowest BCUT2D eigenvalue weighted by molar-refractivity contribution is 0.308.